The van der Waals surface area contributed by atoms with E-state index in [0.717, 1.165) is 55.2 Å². The molecule has 1 amide bonds. The van der Waals surface area contributed by atoms with Crippen molar-refractivity contribution < 1.29 is 4.79 Å². The van der Waals surface area contributed by atoms with Gasteiger partial charge >= 0.3 is 0 Å². The molecule has 1 aromatic rings. The van der Waals surface area contributed by atoms with Crippen LogP contribution in [0.25, 0.3) is 0 Å². The number of aryl methyl sites for hydroxylation is 2. The second-order valence-electron chi connectivity index (χ2n) is 7.16. The molecule has 0 aromatic carbocycles. The molecule has 3 N–H and O–H groups in total. The van der Waals surface area contributed by atoms with Gasteiger partial charge < -0.3 is 16.0 Å². The molecule has 0 radical (unpaired) electrons. The minimum atomic E-state index is 0.134. The number of hydrogen-bond donors (Lipinski definition) is 3. The number of guanidine groups is 1. The van der Waals surface area contributed by atoms with Crippen molar-refractivity contribution in [2.45, 2.75) is 71.0 Å². The van der Waals surface area contributed by atoms with E-state index in [1.54, 1.807) is 18.4 Å². The Morgan fingerprint density at radius 2 is 2.00 bits per heavy atom. The van der Waals surface area contributed by atoms with Crippen LogP contribution in [0.4, 0.5) is 0 Å². The highest BCUT2D eigenvalue weighted by atomic mass is 32.1. The van der Waals surface area contributed by atoms with E-state index in [1.807, 2.05) is 6.92 Å². The average molecular weight is 364 g/mol. The Morgan fingerprint density at radius 1 is 1.20 bits per heavy atom. The number of nitrogens with zero attached hydrogens (tertiary/aromatic N) is 2. The second-order valence-corrected chi connectivity index (χ2v) is 8.45. The molecule has 0 saturated heterocycles. The SMILES string of the molecule is CN=C(NCc1nc(C)c(C)s1)NC1CCCC(C(=O)NC2CC2)C1. The number of aromatic nitrogens is 1. The first-order chi connectivity index (χ1) is 12.0. The van der Waals surface area contributed by atoms with Gasteiger partial charge in [0.15, 0.2) is 5.96 Å². The smallest absolute Gasteiger partial charge is 0.223 e. The molecule has 7 heteroatoms. The molecule has 2 fully saturated rings. The molecule has 0 spiro atoms. The van der Waals surface area contributed by atoms with Gasteiger partial charge in [-0.25, -0.2) is 4.98 Å². The molecule has 3 rings (SSSR count). The van der Waals surface area contributed by atoms with Crippen molar-refractivity contribution in [3.05, 3.63) is 15.6 Å². The molecule has 6 nitrogen and oxygen atoms in total. The van der Waals surface area contributed by atoms with Crippen LogP contribution < -0.4 is 16.0 Å². The minimum absolute atomic E-state index is 0.134. The molecule has 0 aliphatic heterocycles. The highest BCUT2D eigenvalue weighted by molar-refractivity contribution is 7.11. The van der Waals surface area contributed by atoms with E-state index in [9.17, 15) is 4.79 Å². The lowest BCUT2D eigenvalue weighted by atomic mass is 9.85. The Labute approximate surface area is 153 Å². The van der Waals surface area contributed by atoms with E-state index in [4.69, 9.17) is 0 Å². The Hall–Kier alpha value is -1.63. The van der Waals surface area contributed by atoms with E-state index in [2.05, 4.69) is 32.9 Å². The third-order valence-corrected chi connectivity index (χ3v) is 6.09. The topological polar surface area (TPSA) is 78.4 Å². The fraction of sp³-hybridized carbons (Fsp3) is 0.722. The molecule has 2 aliphatic rings. The lowest BCUT2D eigenvalue weighted by Gasteiger charge is -2.30. The number of aliphatic imine (C=N–C) groups is 1. The zero-order valence-electron chi connectivity index (χ0n) is 15.4. The van der Waals surface area contributed by atoms with Crippen LogP contribution in [0.15, 0.2) is 4.99 Å². The molecule has 2 saturated carbocycles. The number of carbonyl (C=O) groups is 1. The maximum atomic E-state index is 12.3. The van der Waals surface area contributed by atoms with Crippen molar-refractivity contribution in [3.63, 3.8) is 0 Å². The quantitative estimate of drug-likeness (QED) is 0.554. The standard InChI is InChI=1S/C18H29N5OS/c1-11-12(2)25-16(21-11)10-20-18(19-3)23-15-6-4-5-13(9-15)17(24)22-14-7-8-14/h13-15H,4-10H2,1-3H3,(H,22,24)(H2,19,20,23). The number of thiazole rings is 1. The lowest BCUT2D eigenvalue weighted by molar-refractivity contribution is -0.126. The predicted octanol–water partition coefficient (Wildman–Crippen LogP) is 2.26. The summed E-state index contributed by atoms with van der Waals surface area (Å²) in [6.45, 7) is 4.81. The first kappa shape index (κ1) is 18.2. The molecule has 1 aromatic heterocycles. The van der Waals surface area contributed by atoms with Crippen molar-refractivity contribution in [2.24, 2.45) is 10.9 Å². The molecule has 138 valence electrons. The van der Waals surface area contributed by atoms with E-state index in [-0.39, 0.29) is 11.8 Å². The first-order valence-corrected chi connectivity index (χ1v) is 10.1. The predicted molar refractivity (Wildman–Crippen MR) is 102 cm³/mol. The molecular formula is C18H29N5OS. The van der Waals surface area contributed by atoms with E-state index < -0.39 is 0 Å². The van der Waals surface area contributed by atoms with Crippen LogP contribution in [-0.4, -0.2) is 36.0 Å². The first-order valence-electron chi connectivity index (χ1n) is 9.25. The summed E-state index contributed by atoms with van der Waals surface area (Å²) in [6, 6.07) is 0.746. The highest BCUT2D eigenvalue weighted by Gasteiger charge is 2.31. The summed E-state index contributed by atoms with van der Waals surface area (Å²) in [6.07, 6.45) is 6.35. The van der Waals surface area contributed by atoms with Crippen LogP contribution in [-0.2, 0) is 11.3 Å². The van der Waals surface area contributed by atoms with E-state index >= 15 is 0 Å². The van der Waals surface area contributed by atoms with Gasteiger partial charge in [0.1, 0.15) is 5.01 Å². The van der Waals surface area contributed by atoms with Crippen molar-refractivity contribution in [1.29, 1.82) is 0 Å². The van der Waals surface area contributed by atoms with Crippen LogP contribution in [0, 0.1) is 19.8 Å². The van der Waals surface area contributed by atoms with Crippen molar-refractivity contribution in [3.8, 4) is 0 Å². The molecule has 25 heavy (non-hydrogen) atoms. The number of carbonyl (C=O) groups excluding carboxylic acids is 1. The second kappa shape index (κ2) is 8.17. The third-order valence-electron chi connectivity index (χ3n) is 5.01. The molecule has 1 heterocycles. The number of nitrogens with one attached hydrogen (secondary N) is 3. The Kier molecular flexibility index (Phi) is 5.93. The van der Waals surface area contributed by atoms with Gasteiger partial charge in [0.05, 0.1) is 12.2 Å². The zero-order chi connectivity index (χ0) is 17.8. The number of amides is 1. The summed E-state index contributed by atoms with van der Waals surface area (Å²) in [7, 11) is 1.79. The zero-order valence-corrected chi connectivity index (χ0v) is 16.2. The maximum absolute atomic E-state index is 12.3. The number of hydrogen-bond acceptors (Lipinski definition) is 4. The maximum Gasteiger partial charge on any atom is 0.223 e. The summed E-state index contributed by atoms with van der Waals surface area (Å²) < 4.78 is 0. The monoisotopic (exact) mass is 363 g/mol. The fourth-order valence-corrected chi connectivity index (χ4v) is 4.14. The van der Waals surface area contributed by atoms with Gasteiger partial charge in [0, 0.05) is 29.9 Å². The van der Waals surface area contributed by atoms with Gasteiger partial charge in [0.2, 0.25) is 5.91 Å². The van der Waals surface area contributed by atoms with Gasteiger partial charge in [-0.15, -0.1) is 11.3 Å². The van der Waals surface area contributed by atoms with Crippen molar-refractivity contribution in [2.75, 3.05) is 7.05 Å². The van der Waals surface area contributed by atoms with Gasteiger partial charge in [-0.1, -0.05) is 6.42 Å². The molecule has 2 aliphatic carbocycles. The summed E-state index contributed by atoms with van der Waals surface area (Å²) in [5, 5.41) is 11.1. The molecule has 2 unspecified atom stereocenters. The Balaban J connectivity index is 1.47. The van der Waals surface area contributed by atoms with Gasteiger partial charge in [0.25, 0.3) is 0 Å². The van der Waals surface area contributed by atoms with Crippen LogP contribution in [0.5, 0.6) is 0 Å². The normalized spacial score (nSPS) is 24.0. The number of rotatable bonds is 5. The van der Waals surface area contributed by atoms with Gasteiger partial charge in [-0.2, -0.15) is 0 Å². The third kappa shape index (κ3) is 5.17. The fourth-order valence-electron chi connectivity index (χ4n) is 3.27. The summed E-state index contributed by atoms with van der Waals surface area (Å²) in [4.78, 5) is 22.4. The molecule has 2 atom stereocenters. The summed E-state index contributed by atoms with van der Waals surface area (Å²) in [5.41, 5.74) is 1.10. The van der Waals surface area contributed by atoms with Crippen LogP contribution in [0.2, 0.25) is 0 Å². The van der Waals surface area contributed by atoms with E-state index in [1.165, 1.54) is 4.88 Å². The average Bonchev–Trinajstić information content (AvgIpc) is 3.36. The molecular weight excluding hydrogens is 334 g/mol. The lowest BCUT2D eigenvalue weighted by Crippen LogP contribution is -2.47. The Bertz CT molecular complexity index is 618. The molecule has 0 bridgehead atoms. The van der Waals surface area contributed by atoms with Crippen molar-refractivity contribution in [1.82, 2.24) is 20.9 Å². The largest absolute Gasteiger partial charge is 0.354 e. The van der Waals surface area contributed by atoms with Gasteiger partial charge in [-0.3, -0.25) is 9.79 Å². The van der Waals surface area contributed by atoms with Crippen molar-refractivity contribution >= 4 is 23.2 Å². The minimum Gasteiger partial charge on any atom is -0.354 e. The van der Waals surface area contributed by atoms with Gasteiger partial charge in [-0.05, 0) is 46.0 Å². The summed E-state index contributed by atoms with van der Waals surface area (Å²) in [5.74, 6) is 1.17. The highest BCUT2D eigenvalue weighted by Crippen LogP contribution is 2.26. The van der Waals surface area contributed by atoms with E-state index in [0.29, 0.717) is 18.6 Å². The van der Waals surface area contributed by atoms with Crippen LogP contribution in [0.1, 0.15) is 54.1 Å². The van der Waals surface area contributed by atoms with Crippen LogP contribution >= 0.6 is 11.3 Å². The van der Waals surface area contributed by atoms with Crippen LogP contribution in [0.3, 0.4) is 0 Å². The summed E-state index contributed by atoms with van der Waals surface area (Å²) >= 11 is 1.72. The Morgan fingerprint density at radius 3 is 2.64 bits per heavy atom.